The van der Waals surface area contributed by atoms with E-state index in [1.54, 1.807) is 0 Å². The highest BCUT2D eigenvalue weighted by molar-refractivity contribution is 5.81. The summed E-state index contributed by atoms with van der Waals surface area (Å²) in [7, 11) is 1.96. The number of ether oxygens (including phenoxy) is 1. The number of aryl methyl sites for hydroxylation is 1. The lowest BCUT2D eigenvalue weighted by molar-refractivity contribution is -0.126. The van der Waals surface area contributed by atoms with E-state index in [1.165, 1.54) is 0 Å². The summed E-state index contributed by atoms with van der Waals surface area (Å²) >= 11 is 0. The lowest BCUT2D eigenvalue weighted by Crippen LogP contribution is -2.51. The number of aromatic nitrogens is 1. The number of carbonyl (C=O) groups is 1. The molecule has 0 radical (unpaired) electrons. The molecule has 0 spiro atoms. The quantitative estimate of drug-likeness (QED) is 0.735. The predicted octanol–water partition coefficient (Wildman–Crippen LogP) is -0.370. The predicted molar refractivity (Wildman–Crippen MR) is 59.9 cm³/mol. The van der Waals surface area contributed by atoms with Gasteiger partial charge in [0, 0.05) is 25.5 Å². The molecule has 2 rings (SSSR count). The van der Waals surface area contributed by atoms with Crippen LogP contribution in [-0.2, 0) is 23.1 Å². The molecule has 5 nitrogen and oxygen atoms in total. The second-order valence-corrected chi connectivity index (χ2v) is 3.91. The molecule has 2 N–H and O–H groups in total. The second-order valence-electron chi connectivity index (χ2n) is 3.91. The molecule has 1 saturated heterocycles. The third-order valence-electron chi connectivity index (χ3n) is 2.73. The van der Waals surface area contributed by atoms with Gasteiger partial charge < -0.3 is 19.9 Å². The molecule has 1 aromatic rings. The van der Waals surface area contributed by atoms with Crippen molar-refractivity contribution in [1.29, 1.82) is 0 Å². The average Bonchev–Trinajstić information content (AvgIpc) is 2.73. The minimum Gasteiger partial charge on any atom is -0.378 e. The van der Waals surface area contributed by atoms with Gasteiger partial charge in [-0.25, -0.2) is 0 Å². The fourth-order valence-corrected chi connectivity index (χ4v) is 1.71. The van der Waals surface area contributed by atoms with Crippen molar-refractivity contribution in [3.05, 3.63) is 24.0 Å². The van der Waals surface area contributed by atoms with Gasteiger partial charge in [-0.1, -0.05) is 0 Å². The van der Waals surface area contributed by atoms with Crippen LogP contribution >= 0.6 is 0 Å². The maximum Gasteiger partial charge on any atom is 0.239 e. The molecule has 1 aliphatic rings. The summed E-state index contributed by atoms with van der Waals surface area (Å²) in [4.78, 5) is 11.7. The highest BCUT2D eigenvalue weighted by Gasteiger charge is 2.20. The Bertz CT molecular complexity index is 356. The van der Waals surface area contributed by atoms with Crippen molar-refractivity contribution in [3.8, 4) is 0 Å². The van der Waals surface area contributed by atoms with Gasteiger partial charge in [0.05, 0.1) is 19.8 Å². The molecule has 0 aromatic carbocycles. The molecular weight excluding hydrogens is 206 g/mol. The van der Waals surface area contributed by atoms with Crippen LogP contribution in [0.25, 0.3) is 0 Å². The Kier molecular flexibility index (Phi) is 3.58. The van der Waals surface area contributed by atoms with Gasteiger partial charge in [-0.15, -0.1) is 0 Å². The van der Waals surface area contributed by atoms with E-state index in [4.69, 9.17) is 4.74 Å². The van der Waals surface area contributed by atoms with Crippen LogP contribution in [-0.4, -0.2) is 36.3 Å². The van der Waals surface area contributed by atoms with Crippen molar-refractivity contribution in [2.75, 3.05) is 19.8 Å². The second kappa shape index (κ2) is 5.14. The van der Waals surface area contributed by atoms with Crippen LogP contribution in [0.1, 0.15) is 5.69 Å². The summed E-state index contributed by atoms with van der Waals surface area (Å²) < 4.78 is 7.23. The first kappa shape index (κ1) is 11.2. The fraction of sp³-hybridized carbons (Fsp3) is 0.545. The minimum atomic E-state index is -0.214. The van der Waals surface area contributed by atoms with Gasteiger partial charge in [0.2, 0.25) is 5.91 Å². The summed E-state index contributed by atoms with van der Waals surface area (Å²) in [6.45, 7) is 2.43. The largest absolute Gasteiger partial charge is 0.378 e. The zero-order valence-corrected chi connectivity index (χ0v) is 9.40. The van der Waals surface area contributed by atoms with Crippen LogP contribution in [0, 0.1) is 0 Å². The number of carbonyl (C=O) groups excluding carboxylic acids is 1. The molecule has 5 heteroatoms. The van der Waals surface area contributed by atoms with Gasteiger partial charge >= 0.3 is 0 Å². The van der Waals surface area contributed by atoms with E-state index in [-0.39, 0.29) is 11.9 Å². The smallest absolute Gasteiger partial charge is 0.239 e. The van der Waals surface area contributed by atoms with Gasteiger partial charge in [-0.2, -0.15) is 0 Å². The summed E-state index contributed by atoms with van der Waals surface area (Å²) in [6.07, 6.45) is 1.96. The Labute approximate surface area is 94.8 Å². The van der Waals surface area contributed by atoms with Crippen LogP contribution in [0.3, 0.4) is 0 Å². The first-order valence-electron chi connectivity index (χ1n) is 5.46. The molecule has 0 bridgehead atoms. The maximum atomic E-state index is 11.7. The van der Waals surface area contributed by atoms with Crippen molar-refractivity contribution in [2.24, 2.45) is 7.05 Å². The SMILES string of the molecule is Cn1cccc1CNC(=O)C1COCCN1. The third-order valence-corrected chi connectivity index (χ3v) is 2.73. The van der Waals surface area contributed by atoms with Crippen LogP contribution in [0.5, 0.6) is 0 Å². The highest BCUT2D eigenvalue weighted by Crippen LogP contribution is 1.99. The van der Waals surface area contributed by atoms with Crippen molar-refractivity contribution < 1.29 is 9.53 Å². The number of amides is 1. The minimum absolute atomic E-state index is 0.000833. The molecule has 1 aliphatic heterocycles. The van der Waals surface area contributed by atoms with Crippen LogP contribution < -0.4 is 10.6 Å². The Morgan fingerprint density at radius 2 is 2.62 bits per heavy atom. The average molecular weight is 223 g/mol. The van der Waals surface area contributed by atoms with Gasteiger partial charge in [0.1, 0.15) is 6.04 Å². The van der Waals surface area contributed by atoms with Crippen molar-refractivity contribution in [2.45, 2.75) is 12.6 Å². The standard InChI is InChI=1S/C11H17N3O2/c1-14-5-2-3-9(14)7-13-11(15)10-8-16-6-4-12-10/h2-3,5,10,12H,4,6-8H2,1H3,(H,13,15). The number of morpholine rings is 1. The van der Waals surface area contributed by atoms with E-state index in [1.807, 2.05) is 29.9 Å². The molecule has 1 atom stereocenters. The van der Waals surface area contributed by atoms with E-state index in [2.05, 4.69) is 10.6 Å². The van der Waals surface area contributed by atoms with Gasteiger partial charge in [-0.3, -0.25) is 4.79 Å². The monoisotopic (exact) mass is 223 g/mol. The van der Waals surface area contributed by atoms with Crippen LogP contribution in [0.4, 0.5) is 0 Å². The van der Waals surface area contributed by atoms with Crippen LogP contribution in [0.2, 0.25) is 0 Å². The first-order chi connectivity index (χ1) is 7.77. The summed E-state index contributed by atoms with van der Waals surface area (Å²) in [5, 5.41) is 6.01. The number of nitrogens with zero attached hydrogens (tertiary/aromatic N) is 1. The molecule has 1 amide bonds. The molecule has 16 heavy (non-hydrogen) atoms. The fourth-order valence-electron chi connectivity index (χ4n) is 1.71. The zero-order chi connectivity index (χ0) is 11.4. The molecule has 0 saturated carbocycles. The molecule has 1 aromatic heterocycles. The molecule has 1 fully saturated rings. The van der Waals surface area contributed by atoms with E-state index >= 15 is 0 Å². The third kappa shape index (κ3) is 2.62. The summed E-state index contributed by atoms with van der Waals surface area (Å²) in [5.41, 5.74) is 1.09. The van der Waals surface area contributed by atoms with Crippen molar-refractivity contribution in [3.63, 3.8) is 0 Å². The van der Waals surface area contributed by atoms with Gasteiger partial charge in [0.25, 0.3) is 0 Å². The van der Waals surface area contributed by atoms with E-state index in [0.29, 0.717) is 19.8 Å². The van der Waals surface area contributed by atoms with Gasteiger partial charge in [0.15, 0.2) is 0 Å². The summed E-state index contributed by atoms with van der Waals surface area (Å²) in [5.74, 6) is 0.000833. The Morgan fingerprint density at radius 3 is 3.25 bits per heavy atom. The highest BCUT2D eigenvalue weighted by atomic mass is 16.5. The number of hydrogen-bond acceptors (Lipinski definition) is 3. The summed E-state index contributed by atoms with van der Waals surface area (Å²) in [6, 6.07) is 3.74. The maximum absolute atomic E-state index is 11.7. The number of nitrogens with one attached hydrogen (secondary N) is 2. The Balaban J connectivity index is 1.81. The van der Waals surface area contributed by atoms with Crippen molar-refractivity contribution in [1.82, 2.24) is 15.2 Å². The zero-order valence-electron chi connectivity index (χ0n) is 9.40. The molecule has 88 valence electrons. The normalized spacial score (nSPS) is 20.7. The lowest BCUT2D eigenvalue weighted by Gasteiger charge is -2.22. The van der Waals surface area contributed by atoms with E-state index in [9.17, 15) is 4.79 Å². The lowest BCUT2D eigenvalue weighted by atomic mass is 10.2. The topological polar surface area (TPSA) is 55.3 Å². The van der Waals surface area contributed by atoms with Gasteiger partial charge in [-0.05, 0) is 12.1 Å². The van der Waals surface area contributed by atoms with Crippen molar-refractivity contribution >= 4 is 5.91 Å². The Morgan fingerprint density at radius 1 is 1.75 bits per heavy atom. The number of rotatable bonds is 3. The van der Waals surface area contributed by atoms with E-state index in [0.717, 1.165) is 12.2 Å². The molecule has 1 unspecified atom stereocenters. The molecule has 0 aliphatic carbocycles. The molecule has 2 heterocycles. The van der Waals surface area contributed by atoms with E-state index < -0.39 is 0 Å². The Hall–Kier alpha value is -1.33. The van der Waals surface area contributed by atoms with Crippen LogP contribution in [0.15, 0.2) is 18.3 Å². The molecular formula is C11H17N3O2. The number of hydrogen-bond donors (Lipinski definition) is 2. The first-order valence-corrected chi connectivity index (χ1v) is 5.46.